The van der Waals surface area contributed by atoms with Crippen molar-refractivity contribution in [1.82, 2.24) is 15.1 Å². The Kier molecular flexibility index (Phi) is 6.33. The molecule has 136 valence electrons. The molecule has 1 aromatic carbocycles. The van der Waals surface area contributed by atoms with E-state index in [1.807, 2.05) is 0 Å². The van der Waals surface area contributed by atoms with E-state index in [1.165, 1.54) is 18.3 Å². The lowest BCUT2D eigenvalue weighted by molar-refractivity contribution is -0.0498. The molecule has 1 fully saturated rings. The molecule has 3 N–H and O–H groups in total. The normalized spacial score (nSPS) is 17.3. The van der Waals surface area contributed by atoms with Gasteiger partial charge in [0, 0.05) is 24.7 Å². The highest BCUT2D eigenvalue weighted by Crippen LogP contribution is 2.27. The van der Waals surface area contributed by atoms with Crippen LogP contribution in [0.5, 0.6) is 5.75 Å². The van der Waals surface area contributed by atoms with Crippen molar-refractivity contribution in [2.24, 2.45) is 5.73 Å². The van der Waals surface area contributed by atoms with Gasteiger partial charge in [-0.15, -0.1) is 12.4 Å². The number of carbonyl (C=O) groups is 1. The lowest BCUT2D eigenvalue weighted by Gasteiger charge is -2.30. The Balaban J connectivity index is 0.00000225. The van der Waals surface area contributed by atoms with Gasteiger partial charge in [0.2, 0.25) is 0 Å². The van der Waals surface area contributed by atoms with Crippen LogP contribution in [0.4, 0.5) is 8.78 Å². The smallest absolute Gasteiger partial charge is 0.387 e. The second kappa shape index (κ2) is 8.26. The van der Waals surface area contributed by atoms with Gasteiger partial charge in [0.05, 0.1) is 17.5 Å². The number of nitrogens with one attached hydrogen (secondary N) is 1. The summed E-state index contributed by atoms with van der Waals surface area (Å²) in [6.45, 7) is -1.76. The monoisotopic (exact) mass is 372 g/mol. The molecule has 2 aromatic rings. The number of hydrogen-bond acceptors (Lipinski definition) is 4. The number of nitrogens with two attached hydrogens (primary N) is 1. The number of aromatic amines is 1. The molecule has 25 heavy (non-hydrogen) atoms. The largest absolute Gasteiger partial charge is 0.435 e. The summed E-state index contributed by atoms with van der Waals surface area (Å²) in [5.74, 6) is -0.149. The molecule has 3 rings (SSSR count). The third-order valence-electron chi connectivity index (χ3n) is 3.96. The van der Waals surface area contributed by atoms with E-state index in [-0.39, 0.29) is 30.1 Å². The van der Waals surface area contributed by atoms with E-state index in [2.05, 4.69) is 14.9 Å². The van der Waals surface area contributed by atoms with Gasteiger partial charge in [-0.1, -0.05) is 12.1 Å². The molecule has 0 spiro atoms. The maximum absolute atomic E-state index is 12.7. The number of amides is 1. The molecule has 1 aromatic heterocycles. The quantitative estimate of drug-likeness (QED) is 0.864. The summed E-state index contributed by atoms with van der Waals surface area (Å²) in [7, 11) is 0. The van der Waals surface area contributed by atoms with E-state index < -0.39 is 6.61 Å². The van der Waals surface area contributed by atoms with Crippen molar-refractivity contribution in [3.05, 3.63) is 36.0 Å². The predicted octanol–water partition coefficient (Wildman–Crippen LogP) is 2.66. The number of benzene rings is 1. The van der Waals surface area contributed by atoms with Crippen molar-refractivity contribution in [2.75, 3.05) is 13.1 Å². The van der Waals surface area contributed by atoms with Gasteiger partial charge in [0.25, 0.3) is 5.91 Å². The van der Waals surface area contributed by atoms with Crippen molar-refractivity contribution >= 4 is 18.3 Å². The predicted molar refractivity (Wildman–Crippen MR) is 91.0 cm³/mol. The van der Waals surface area contributed by atoms with E-state index in [0.29, 0.717) is 29.9 Å². The maximum Gasteiger partial charge on any atom is 0.387 e. The fraction of sp³-hybridized carbons (Fsp3) is 0.375. The Bertz CT molecular complexity index is 726. The van der Waals surface area contributed by atoms with Crippen LogP contribution in [0.1, 0.15) is 23.2 Å². The molecule has 1 aliphatic rings. The number of likely N-dealkylation sites (tertiary alicyclic amines) is 1. The van der Waals surface area contributed by atoms with Crippen LogP contribution in [0.15, 0.2) is 30.5 Å². The van der Waals surface area contributed by atoms with Crippen LogP contribution < -0.4 is 10.5 Å². The summed E-state index contributed by atoms with van der Waals surface area (Å²) in [5, 5.41) is 6.69. The number of nitrogens with zero attached hydrogens (tertiary/aromatic N) is 2. The number of halogens is 3. The van der Waals surface area contributed by atoms with Crippen LogP contribution in [0, 0.1) is 0 Å². The standard InChI is InChI=1S/C16H18F2N4O2.ClH/c17-16(18)24-12-5-1-3-10(7-12)14-13(8-20-21-14)15(23)22-6-2-4-11(19)9-22;/h1,3,5,7-8,11,16H,2,4,6,9,19H2,(H,20,21);1H. The van der Waals surface area contributed by atoms with Crippen LogP contribution >= 0.6 is 12.4 Å². The van der Waals surface area contributed by atoms with Crippen LogP contribution in [0.3, 0.4) is 0 Å². The number of alkyl halides is 2. The number of hydrogen-bond donors (Lipinski definition) is 2. The molecular formula is C16H19ClF2N4O2. The Morgan fingerprint density at radius 3 is 2.96 bits per heavy atom. The Hall–Kier alpha value is -2.19. The van der Waals surface area contributed by atoms with Gasteiger partial charge in [-0.25, -0.2) is 0 Å². The number of rotatable bonds is 4. The highest BCUT2D eigenvalue weighted by atomic mass is 35.5. The van der Waals surface area contributed by atoms with Crippen molar-refractivity contribution < 1.29 is 18.3 Å². The molecular weight excluding hydrogens is 354 g/mol. The van der Waals surface area contributed by atoms with Gasteiger partial charge in [0.15, 0.2) is 0 Å². The van der Waals surface area contributed by atoms with Crippen LogP contribution in [0.25, 0.3) is 11.3 Å². The zero-order valence-corrected chi connectivity index (χ0v) is 14.1. The summed E-state index contributed by atoms with van der Waals surface area (Å²) in [5.41, 5.74) is 7.34. The van der Waals surface area contributed by atoms with E-state index in [4.69, 9.17) is 5.73 Å². The molecule has 1 unspecified atom stereocenters. The number of aromatic nitrogens is 2. The Labute approximate surface area is 149 Å². The van der Waals surface area contributed by atoms with Gasteiger partial charge < -0.3 is 15.4 Å². The summed E-state index contributed by atoms with van der Waals surface area (Å²) < 4.78 is 29.1. The van der Waals surface area contributed by atoms with Crippen molar-refractivity contribution in [1.29, 1.82) is 0 Å². The molecule has 1 amide bonds. The highest BCUT2D eigenvalue weighted by Gasteiger charge is 2.25. The minimum Gasteiger partial charge on any atom is -0.435 e. The fourth-order valence-corrected chi connectivity index (χ4v) is 2.86. The molecule has 9 heteroatoms. The average molecular weight is 373 g/mol. The maximum atomic E-state index is 12.7. The number of carbonyl (C=O) groups excluding carboxylic acids is 1. The fourth-order valence-electron chi connectivity index (χ4n) is 2.86. The number of piperidine rings is 1. The summed E-state index contributed by atoms with van der Waals surface area (Å²) in [4.78, 5) is 14.4. The van der Waals surface area contributed by atoms with E-state index in [0.717, 1.165) is 12.8 Å². The third-order valence-corrected chi connectivity index (χ3v) is 3.96. The molecule has 1 atom stereocenters. The lowest BCUT2D eigenvalue weighted by Crippen LogP contribution is -2.45. The summed E-state index contributed by atoms with van der Waals surface area (Å²) in [6, 6.07) is 6.12. The Morgan fingerprint density at radius 2 is 2.24 bits per heavy atom. The number of H-pyrrole nitrogens is 1. The van der Waals surface area contributed by atoms with Gasteiger partial charge in [-0.05, 0) is 25.0 Å². The van der Waals surface area contributed by atoms with E-state index in [9.17, 15) is 13.6 Å². The van der Waals surface area contributed by atoms with Crippen molar-refractivity contribution in [3.63, 3.8) is 0 Å². The molecule has 0 bridgehead atoms. The minimum absolute atomic E-state index is 0. The van der Waals surface area contributed by atoms with Gasteiger partial charge in [-0.3, -0.25) is 9.89 Å². The van der Waals surface area contributed by atoms with Crippen LogP contribution in [0.2, 0.25) is 0 Å². The van der Waals surface area contributed by atoms with Crippen LogP contribution in [-0.2, 0) is 0 Å². The second-order valence-electron chi connectivity index (χ2n) is 5.72. The number of ether oxygens (including phenoxy) is 1. The van der Waals surface area contributed by atoms with Crippen LogP contribution in [-0.4, -0.2) is 46.7 Å². The first-order valence-electron chi connectivity index (χ1n) is 7.68. The van der Waals surface area contributed by atoms with Gasteiger partial charge in [0.1, 0.15) is 5.75 Å². The molecule has 0 aliphatic carbocycles. The zero-order valence-electron chi connectivity index (χ0n) is 13.3. The first-order valence-corrected chi connectivity index (χ1v) is 7.68. The lowest BCUT2D eigenvalue weighted by atomic mass is 10.0. The zero-order chi connectivity index (χ0) is 17.1. The van der Waals surface area contributed by atoms with E-state index in [1.54, 1.807) is 17.0 Å². The molecule has 6 nitrogen and oxygen atoms in total. The minimum atomic E-state index is -2.90. The SMILES string of the molecule is Cl.NC1CCCN(C(=O)c2cn[nH]c2-c2cccc(OC(F)F)c2)C1. The molecule has 0 radical (unpaired) electrons. The molecule has 1 saturated heterocycles. The summed E-state index contributed by atoms with van der Waals surface area (Å²) in [6.07, 6.45) is 3.20. The third kappa shape index (κ3) is 4.46. The second-order valence-corrected chi connectivity index (χ2v) is 5.72. The van der Waals surface area contributed by atoms with Gasteiger partial charge in [-0.2, -0.15) is 13.9 Å². The molecule has 1 aliphatic heterocycles. The van der Waals surface area contributed by atoms with Gasteiger partial charge >= 0.3 is 6.61 Å². The Morgan fingerprint density at radius 1 is 1.44 bits per heavy atom. The molecule has 2 heterocycles. The van der Waals surface area contributed by atoms with Crippen molar-refractivity contribution in [3.8, 4) is 17.0 Å². The van der Waals surface area contributed by atoms with Crippen molar-refractivity contribution in [2.45, 2.75) is 25.5 Å². The topological polar surface area (TPSA) is 84.2 Å². The van der Waals surface area contributed by atoms with E-state index >= 15 is 0 Å². The highest BCUT2D eigenvalue weighted by molar-refractivity contribution is 5.99. The summed E-state index contributed by atoms with van der Waals surface area (Å²) >= 11 is 0. The first-order chi connectivity index (χ1) is 11.5. The average Bonchev–Trinajstić information content (AvgIpc) is 3.03. The molecule has 0 saturated carbocycles. The first kappa shape index (κ1) is 19.1.